The molecule has 0 aromatic carbocycles. The van der Waals surface area contributed by atoms with Crippen molar-refractivity contribution < 1.29 is 4.79 Å². The quantitative estimate of drug-likeness (QED) is 0.747. The van der Waals surface area contributed by atoms with E-state index >= 15 is 0 Å². The first-order valence-corrected chi connectivity index (χ1v) is 6.96. The molecule has 1 amide bonds. The Balaban J connectivity index is 2.14. The lowest BCUT2D eigenvalue weighted by Crippen LogP contribution is -2.35. The van der Waals surface area contributed by atoms with E-state index in [2.05, 4.69) is 16.8 Å². The van der Waals surface area contributed by atoms with Crippen LogP contribution in [-0.4, -0.2) is 16.9 Å². The first kappa shape index (κ1) is 14.1. The van der Waals surface area contributed by atoms with Crippen LogP contribution in [0.4, 0.5) is 0 Å². The van der Waals surface area contributed by atoms with Crippen LogP contribution in [0, 0.1) is 0 Å². The van der Waals surface area contributed by atoms with Crippen LogP contribution in [0.3, 0.4) is 0 Å². The predicted octanol–water partition coefficient (Wildman–Crippen LogP) is 2.25. The maximum absolute atomic E-state index is 11.6. The van der Waals surface area contributed by atoms with Gasteiger partial charge >= 0.3 is 0 Å². The van der Waals surface area contributed by atoms with Gasteiger partial charge in [-0.15, -0.1) is 11.3 Å². The lowest BCUT2D eigenvalue weighted by atomic mass is 10.2. The lowest BCUT2D eigenvalue weighted by Gasteiger charge is -2.12. The third-order valence-corrected chi connectivity index (χ3v) is 3.42. The molecule has 94 valence electrons. The average molecular weight is 270 g/mol. The summed E-state index contributed by atoms with van der Waals surface area (Å²) in [6, 6.07) is 4.16. The summed E-state index contributed by atoms with van der Waals surface area (Å²) in [4.78, 5) is 13.3. The van der Waals surface area contributed by atoms with Gasteiger partial charge in [-0.3, -0.25) is 4.79 Å². The number of nitrogens with two attached hydrogens (primary N) is 1. The Morgan fingerprint density at radius 2 is 2.41 bits per heavy atom. The Labute approximate surface area is 111 Å². The first-order chi connectivity index (χ1) is 8.08. The SMILES string of the molecule is CC(CC(N)=S)NC(=O)CCCc1cccs1. The summed E-state index contributed by atoms with van der Waals surface area (Å²) in [5.74, 6) is 0.0744. The second-order valence-corrected chi connectivity index (χ2v) is 5.63. The van der Waals surface area contributed by atoms with Crippen molar-refractivity contribution in [2.24, 2.45) is 5.73 Å². The number of hydrogen-bond acceptors (Lipinski definition) is 3. The molecule has 1 rings (SSSR count). The van der Waals surface area contributed by atoms with Gasteiger partial charge in [0.1, 0.15) is 0 Å². The molecule has 0 aliphatic heterocycles. The second kappa shape index (κ2) is 7.40. The highest BCUT2D eigenvalue weighted by Gasteiger charge is 2.08. The minimum atomic E-state index is 0.0294. The van der Waals surface area contributed by atoms with E-state index in [0.717, 1.165) is 12.8 Å². The summed E-state index contributed by atoms with van der Waals surface area (Å²) in [5.41, 5.74) is 5.41. The Morgan fingerprint density at radius 1 is 1.65 bits per heavy atom. The van der Waals surface area contributed by atoms with Gasteiger partial charge in [-0.2, -0.15) is 0 Å². The molecule has 0 fully saturated rings. The molecule has 0 aliphatic rings. The maximum atomic E-state index is 11.6. The molecule has 0 saturated heterocycles. The third-order valence-electron chi connectivity index (χ3n) is 2.32. The molecule has 1 aromatic rings. The van der Waals surface area contributed by atoms with Gasteiger partial charge in [0.05, 0.1) is 4.99 Å². The molecule has 1 aromatic heterocycles. The van der Waals surface area contributed by atoms with Crippen LogP contribution in [0.2, 0.25) is 0 Å². The minimum Gasteiger partial charge on any atom is -0.393 e. The topological polar surface area (TPSA) is 55.1 Å². The summed E-state index contributed by atoms with van der Waals surface area (Å²) in [6.07, 6.45) is 2.96. The number of thiocarbonyl (C=S) groups is 1. The Bertz CT molecular complexity index is 363. The fraction of sp³-hybridized carbons (Fsp3) is 0.500. The second-order valence-electron chi connectivity index (χ2n) is 4.07. The third kappa shape index (κ3) is 6.38. The summed E-state index contributed by atoms with van der Waals surface area (Å²) in [7, 11) is 0. The monoisotopic (exact) mass is 270 g/mol. The molecule has 0 saturated carbocycles. The smallest absolute Gasteiger partial charge is 0.220 e. The lowest BCUT2D eigenvalue weighted by molar-refractivity contribution is -0.121. The number of aryl methyl sites for hydroxylation is 1. The highest BCUT2D eigenvalue weighted by Crippen LogP contribution is 2.11. The fourth-order valence-electron chi connectivity index (χ4n) is 1.58. The average Bonchev–Trinajstić information content (AvgIpc) is 2.68. The van der Waals surface area contributed by atoms with Gasteiger partial charge < -0.3 is 11.1 Å². The number of hydrogen-bond donors (Lipinski definition) is 2. The molecule has 5 heteroatoms. The molecule has 1 heterocycles. The van der Waals surface area contributed by atoms with Crippen LogP contribution in [0.25, 0.3) is 0 Å². The summed E-state index contributed by atoms with van der Waals surface area (Å²) < 4.78 is 0. The zero-order chi connectivity index (χ0) is 12.7. The van der Waals surface area contributed by atoms with Crippen molar-refractivity contribution >= 4 is 34.5 Å². The van der Waals surface area contributed by atoms with Crippen molar-refractivity contribution in [3.63, 3.8) is 0 Å². The van der Waals surface area contributed by atoms with E-state index in [9.17, 15) is 4.79 Å². The van der Waals surface area contributed by atoms with Crippen molar-refractivity contribution in [1.29, 1.82) is 0 Å². The first-order valence-electron chi connectivity index (χ1n) is 5.68. The normalized spacial score (nSPS) is 12.1. The van der Waals surface area contributed by atoms with Crippen LogP contribution >= 0.6 is 23.6 Å². The highest BCUT2D eigenvalue weighted by molar-refractivity contribution is 7.80. The molecule has 17 heavy (non-hydrogen) atoms. The fourth-order valence-corrected chi connectivity index (χ4v) is 2.58. The number of rotatable bonds is 7. The van der Waals surface area contributed by atoms with Crippen LogP contribution in [0.15, 0.2) is 17.5 Å². The zero-order valence-electron chi connectivity index (χ0n) is 9.94. The molecule has 0 bridgehead atoms. The Morgan fingerprint density at radius 3 is 3.00 bits per heavy atom. The van der Waals surface area contributed by atoms with Gasteiger partial charge in [-0.05, 0) is 31.2 Å². The van der Waals surface area contributed by atoms with Crippen LogP contribution in [0.1, 0.15) is 31.1 Å². The highest BCUT2D eigenvalue weighted by atomic mass is 32.1. The van der Waals surface area contributed by atoms with E-state index in [-0.39, 0.29) is 11.9 Å². The van der Waals surface area contributed by atoms with Gasteiger partial charge in [0, 0.05) is 23.8 Å². The summed E-state index contributed by atoms with van der Waals surface area (Å²) >= 11 is 6.53. The maximum Gasteiger partial charge on any atom is 0.220 e. The zero-order valence-corrected chi connectivity index (χ0v) is 11.6. The molecule has 3 N–H and O–H groups in total. The Kier molecular flexibility index (Phi) is 6.15. The van der Waals surface area contributed by atoms with E-state index in [4.69, 9.17) is 18.0 Å². The predicted molar refractivity (Wildman–Crippen MR) is 76.3 cm³/mol. The Hall–Kier alpha value is -0.940. The van der Waals surface area contributed by atoms with Gasteiger partial charge in [0.25, 0.3) is 0 Å². The van der Waals surface area contributed by atoms with Crippen LogP contribution < -0.4 is 11.1 Å². The molecule has 0 spiro atoms. The summed E-state index contributed by atoms with van der Waals surface area (Å²) in [5, 5.41) is 4.94. The van der Waals surface area contributed by atoms with Gasteiger partial charge in [-0.25, -0.2) is 0 Å². The van der Waals surface area contributed by atoms with Gasteiger partial charge in [-0.1, -0.05) is 18.3 Å². The van der Waals surface area contributed by atoms with E-state index in [1.807, 2.05) is 13.0 Å². The summed E-state index contributed by atoms with van der Waals surface area (Å²) in [6.45, 7) is 1.91. The van der Waals surface area contributed by atoms with E-state index < -0.39 is 0 Å². The molecular formula is C12H18N2OS2. The van der Waals surface area contributed by atoms with Gasteiger partial charge in [0.2, 0.25) is 5.91 Å². The molecule has 1 unspecified atom stereocenters. The molecule has 3 nitrogen and oxygen atoms in total. The van der Waals surface area contributed by atoms with Crippen molar-refractivity contribution in [3.8, 4) is 0 Å². The number of thiophene rings is 1. The van der Waals surface area contributed by atoms with Crippen molar-refractivity contribution in [1.82, 2.24) is 5.32 Å². The molecule has 1 atom stereocenters. The number of carbonyl (C=O) groups excluding carboxylic acids is 1. The van der Waals surface area contributed by atoms with E-state index in [1.54, 1.807) is 11.3 Å². The standard InChI is InChI=1S/C12H18N2OS2/c1-9(8-11(13)16)14-12(15)6-2-4-10-5-3-7-17-10/h3,5,7,9H,2,4,6,8H2,1H3,(H2,13,16)(H,14,15). The van der Waals surface area contributed by atoms with Crippen LogP contribution in [0.5, 0.6) is 0 Å². The number of carbonyl (C=O) groups is 1. The van der Waals surface area contributed by atoms with Crippen LogP contribution in [-0.2, 0) is 11.2 Å². The number of nitrogens with one attached hydrogen (secondary N) is 1. The van der Waals surface area contributed by atoms with Gasteiger partial charge in [0.15, 0.2) is 0 Å². The minimum absolute atomic E-state index is 0.0294. The van der Waals surface area contributed by atoms with E-state index in [1.165, 1.54) is 4.88 Å². The molecular weight excluding hydrogens is 252 g/mol. The molecule has 0 aliphatic carbocycles. The largest absolute Gasteiger partial charge is 0.393 e. The van der Waals surface area contributed by atoms with E-state index in [0.29, 0.717) is 17.8 Å². The van der Waals surface area contributed by atoms with Crippen molar-refractivity contribution in [2.45, 2.75) is 38.6 Å². The number of amides is 1. The molecule has 0 radical (unpaired) electrons. The van der Waals surface area contributed by atoms with Crippen molar-refractivity contribution in [2.75, 3.05) is 0 Å². The van der Waals surface area contributed by atoms with Crippen molar-refractivity contribution in [3.05, 3.63) is 22.4 Å².